The van der Waals surface area contributed by atoms with Crippen LogP contribution in [0.25, 0.3) is 0 Å². The minimum Gasteiger partial charge on any atom is -0.491 e. The average Bonchev–Trinajstić information content (AvgIpc) is 2.79. The lowest BCUT2D eigenvalue weighted by Gasteiger charge is -2.13. The molecule has 7 heteroatoms. The molecule has 0 unspecified atom stereocenters. The zero-order valence-corrected chi connectivity index (χ0v) is 15.1. The van der Waals surface area contributed by atoms with E-state index in [-0.39, 0.29) is 10.3 Å². The van der Waals surface area contributed by atoms with Gasteiger partial charge in [-0.15, -0.1) is 11.3 Å². The molecule has 21 heavy (non-hydrogen) atoms. The minimum absolute atomic E-state index is 0.0778. The van der Waals surface area contributed by atoms with Crippen molar-refractivity contribution >= 4 is 43.0 Å². The Morgan fingerprint density at radius 2 is 2.00 bits per heavy atom. The van der Waals surface area contributed by atoms with Crippen molar-refractivity contribution < 1.29 is 13.2 Å². The SMILES string of the molecule is Cc1cc(OC(C)C)ccc1NS(=O)(=O)c1sccc1Br. The Labute approximate surface area is 137 Å². The lowest BCUT2D eigenvalue weighted by molar-refractivity contribution is 0.242. The van der Waals surface area contributed by atoms with Crippen LogP contribution in [0.2, 0.25) is 0 Å². The zero-order chi connectivity index (χ0) is 15.6. The summed E-state index contributed by atoms with van der Waals surface area (Å²) in [6.07, 6.45) is 0.0778. The van der Waals surface area contributed by atoms with Crippen LogP contribution in [0.4, 0.5) is 5.69 Å². The second-order valence-electron chi connectivity index (χ2n) is 4.80. The van der Waals surface area contributed by atoms with E-state index in [0.717, 1.165) is 11.3 Å². The number of sulfonamides is 1. The van der Waals surface area contributed by atoms with Gasteiger partial charge in [0.2, 0.25) is 0 Å². The van der Waals surface area contributed by atoms with Gasteiger partial charge in [0.05, 0.1) is 11.8 Å². The summed E-state index contributed by atoms with van der Waals surface area (Å²) in [5.74, 6) is 0.725. The van der Waals surface area contributed by atoms with Crippen LogP contribution < -0.4 is 9.46 Å². The Balaban J connectivity index is 2.26. The lowest BCUT2D eigenvalue weighted by Crippen LogP contribution is -2.13. The molecule has 0 bridgehead atoms. The van der Waals surface area contributed by atoms with Crippen LogP contribution in [0.15, 0.2) is 38.3 Å². The van der Waals surface area contributed by atoms with Crippen LogP contribution in [-0.4, -0.2) is 14.5 Å². The highest BCUT2D eigenvalue weighted by molar-refractivity contribution is 9.10. The monoisotopic (exact) mass is 389 g/mol. The van der Waals surface area contributed by atoms with Crippen molar-refractivity contribution in [2.24, 2.45) is 0 Å². The van der Waals surface area contributed by atoms with Crippen LogP contribution >= 0.6 is 27.3 Å². The fourth-order valence-corrected chi connectivity index (χ4v) is 5.23. The average molecular weight is 390 g/mol. The number of anilines is 1. The van der Waals surface area contributed by atoms with E-state index in [1.54, 1.807) is 23.6 Å². The van der Waals surface area contributed by atoms with Crippen molar-refractivity contribution in [3.05, 3.63) is 39.7 Å². The third-order valence-electron chi connectivity index (χ3n) is 2.64. The number of hydrogen-bond donors (Lipinski definition) is 1. The molecular formula is C14H16BrNO3S2. The van der Waals surface area contributed by atoms with Gasteiger partial charge in [0, 0.05) is 4.47 Å². The fraction of sp³-hybridized carbons (Fsp3) is 0.286. The van der Waals surface area contributed by atoms with E-state index in [9.17, 15) is 8.42 Å². The molecule has 0 saturated heterocycles. The lowest BCUT2D eigenvalue weighted by atomic mass is 10.2. The Hall–Kier alpha value is -1.05. The number of thiophene rings is 1. The first-order valence-corrected chi connectivity index (χ1v) is 9.48. The molecule has 0 aliphatic heterocycles. The number of rotatable bonds is 5. The normalized spacial score (nSPS) is 11.7. The van der Waals surface area contributed by atoms with E-state index in [2.05, 4.69) is 20.7 Å². The van der Waals surface area contributed by atoms with Crippen molar-refractivity contribution in [3.8, 4) is 5.75 Å². The van der Waals surface area contributed by atoms with Gasteiger partial charge in [-0.3, -0.25) is 4.72 Å². The molecule has 114 valence electrons. The number of hydrogen-bond acceptors (Lipinski definition) is 4. The second-order valence-corrected chi connectivity index (χ2v) is 8.45. The summed E-state index contributed by atoms with van der Waals surface area (Å²) in [7, 11) is -3.58. The molecule has 1 aromatic carbocycles. The van der Waals surface area contributed by atoms with Gasteiger partial charge in [-0.05, 0) is 71.9 Å². The first kappa shape index (κ1) is 16.3. The quantitative estimate of drug-likeness (QED) is 0.823. The van der Waals surface area contributed by atoms with E-state index >= 15 is 0 Å². The Kier molecular flexibility index (Phi) is 4.95. The number of aryl methyl sites for hydroxylation is 1. The molecule has 0 aliphatic carbocycles. The van der Waals surface area contributed by atoms with Gasteiger partial charge in [0.25, 0.3) is 10.0 Å². The maximum atomic E-state index is 12.3. The predicted molar refractivity (Wildman–Crippen MR) is 89.8 cm³/mol. The standard InChI is InChI=1S/C14H16BrNO3S2/c1-9(2)19-11-4-5-13(10(3)8-11)16-21(17,18)14-12(15)6-7-20-14/h4-9,16H,1-3H3. The second kappa shape index (κ2) is 6.37. The van der Waals surface area contributed by atoms with Gasteiger partial charge in [-0.25, -0.2) is 8.42 Å². The molecule has 0 radical (unpaired) electrons. The Bertz CT molecular complexity index is 738. The molecule has 0 saturated carbocycles. The van der Waals surface area contributed by atoms with E-state index < -0.39 is 10.0 Å². The predicted octanol–water partition coefficient (Wildman–Crippen LogP) is 4.41. The summed E-state index contributed by atoms with van der Waals surface area (Å²) in [5, 5.41) is 1.73. The maximum Gasteiger partial charge on any atom is 0.272 e. The highest BCUT2D eigenvalue weighted by Crippen LogP contribution is 2.30. The molecule has 0 fully saturated rings. The Morgan fingerprint density at radius 3 is 2.52 bits per heavy atom. The molecule has 0 aliphatic rings. The molecule has 0 amide bonds. The minimum atomic E-state index is -3.58. The van der Waals surface area contributed by atoms with Crippen molar-refractivity contribution in [1.29, 1.82) is 0 Å². The number of ether oxygens (including phenoxy) is 1. The van der Waals surface area contributed by atoms with E-state index in [1.165, 1.54) is 11.3 Å². The van der Waals surface area contributed by atoms with Gasteiger partial charge < -0.3 is 4.74 Å². The molecule has 2 rings (SSSR count). The van der Waals surface area contributed by atoms with Crippen LogP contribution in [0.5, 0.6) is 5.75 Å². The number of nitrogens with one attached hydrogen (secondary N) is 1. The summed E-state index contributed by atoms with van der Waals surface area (Å²) >= 11 is 4.42. The van der Waals surface area contributed by atoms with E-state index in [0.29, 0.717) is 10.2 Å². The summed E-state index contributed by atoms with van der Waals surface area (Å²) in [5.41, 5.74) is 1.36. The molecule has 4 nitrogen and oxygen atoms in total. The topological polar surface area (TPSA) is 55.4 Å². The van der Waals surface area contributed by atoms with E-state index in [1.807, 2.05) is 26.8 Å². The molecule has 2 aromatic rings. The highest BCUT2D eigenvalue weighted by atomic mass is 79.9. The molecule has 1 heterocycles. The van der Waals surface area contributed by atoms with Crippen molar-refractivity contribution in [2.45, 2.75) is 31.1 Å². The van der Waals surface area contributed by atoms with Gasteiger partial charge >= 0.3 is 0 Å². The van der Waals surface area contributed by atoms with Gasteiger partial charge in [-0.1, -0.05) is 0 Å². The largest absolute Gasteiger partial charge is 0.491 e. The summed E-state index contributed by atoms with van der Waals surface area (Å²) in [4.78, 5) is 0. The van der Waals surface area contributed by atoms with Crippen molar-refractivity contribution in [2.75, 3.05) is 4.72 Å². The first-order valence-electron chi connectivity index (χ1n) is 6.32. The third kappa shape index (κ3) is 3.99. The van der Waals surface area contributed by atoms with Crippen molar-refractivity contribution in [1.82, 2.24) is 0 Å². The molecule has 1 N–H and O–H groups in total. The fourth-order valence-electron chi connectivity index (χ4n) is 1.76. The zero-order valence-electron chi connectivity index (χ0n) is 11.9. The summed E-state index contributed by atoms with van der Waals surface area (Å²) in [6, 6.07) is 7.01. The highest BCUT2D eigenvalue weighted by Gasteiger charge is 2.20. The van der Waals surface area contributed by atoms with Gasteiger partial charge in [0.15, 0.2) is 4.21 Å². The van der Waals surface area contributed by atoms with Gasteiger partial charge in [-0.2, -0.15) is 0 Å². The van der Waals surface area contributed by atoms with Crippen LogP contribution in [0.1, 0.15) is 19.4 Å². The maximum absolute atomic E-state index is 12.3. The van der Waals surface area contributed by atoms with Crippen LogP contribution in [0, 0.1) is 6.92 Å². The van der Waals surface area contributed by atoms with Crippen LogP contribution in [-0.2, 0) is 10.0 Å². The summed E-state index contributed by atoms with van der Waals surface area (Å²) < 4.78 is 33.7. The third-order valence-corrected chi connectivity index (χ3v) is 6.68. The molecule has 1 aromatic heterocycles. The van der Waals surface area contributed by atoms with Crippen LogP contribution in [0.3, 0.4) is 0 Å². The number of benzene rings is 1. The van der Waals surface area contributed by atoms with E-state index in [4.69, 9.17) is 4.74 Å². The number of halogens is 1. The molecule has 0 spiro atoms. The molecule has 0 atom stereocenters. The Morgan fingerprint density at radius 1 is 1.29 bits per heavy atom. The molecular weight excluding hydrogens is 374 g/mol. The van der Waals surface area contributed by atoms with Crippen molar-refractivity contribution in [3.63, 3.8) is 0 Å². The summed E-state index contributed by atoms with van der Waals surface area (Å²) in [6.45, 7) is 5.73. The smallest absolute Gasteiger partial charge is 0.272 e. The first-order chi connectivity index (χ1) is 9.79. The van der Waals surface area contributed by atoms with Gasteiger partial charge in [0.1, 0.15) is 5.75 Å².